The maximum Gasteiger partial charge on any atom is 0.306 e. The lowest BCUT2D eigenvalue weighted by Gasteiger charge is -2.18. The second-order valence-corrected chi connectivity index (χ2v) is 15.7. The average molecular weight is 761 g/mol. The van der Waals surface area contributed by atoms with Crippen molar-refractivity contribution in [3.05, 3.63) is 24.3 Å². The fraction of sp³-hybridized carbons (Fsp3) is 0.854. The number of rotatable bonds is 42. The van der Waals surface area contributed by atoms with Gasteiger partial charge in [-0.05, 0) is 51.4 Å². The molecule has 0 bridgehead atoms. The Balaban J connectivity index is 4.20. The molecule has 1 unspecified atom stereocenters. The summed E-state index contributed by atoms with van der Waals surface area (Å²) in [5, 5.41) is 0. The highest BCUT2D eigenvalue weighted by Gasteiger charge is 2.19. The SMILES string of the molecule is CCCCC/C=C\C/C=C\CCCCCCCCCCCC(=O)OCC(COC(=O)CCCCCCCCC)OC(=O)CCCCCCCCCCCC. The number of carbonyl (C=O) groups is 3. The Labute approximate surface area is 334 Å². The number of hydrogen-bond acceptors (Lipinski definition) is 6. The Kier molecular flexibility index (Phi) is 41.9. The van der Waals surface area contributed by atoms with Crippen LogP contribution < -0.4 is 0 Å². The Morgan fingerprint density at radius 3 is 1.06 bits per heavy atom. The van der Waals surface area contributed by atoms with Gasteiger partial charge in [-0.25, -0.2) is 0 Å². The molecule has 0 aromatic carbocycles. The number of unbranched alkanes of at least 4 members (excludes halogenated alkanes) is 27. The fourth-order valence-corrected chi connectivity index (χ4v) is 6.65. The first-order valence-electron chi connectivity index (χ1n) is 23.3. The quantitative estimate of drug-likeness (QED) is 0.0267. The van der Waals surface area contributed by atoms with Gasteiger partial charge in [0.2, 0.25) is 0 Å². The average Bonchev–Trinajstić information content (AvgIpc) is 3.17. The molecular weight excluding hydrogens is 673 g/mol. The summed E-state index contributed by atoms with van der Waals surface area (Å²) in [6.07, 6.45) is 47.4. The molecule has 0 amide bonds. The lowest BCUT2D eigenvalue weighted by Crippen LogP contribution is -2.30. The first-order valence-corrected chi connectivity index (χ1v) is 23.3. The van der Waals surface area contributed by atoms with Crippen LogP contribution in [0.4, 0.5) is 0 Å². The summed E-state index contributed by atoms with van der Waals surface area (Å²) >= 11 is 0. The fourth-order valence-electron chi connectivity index (χ4n) is 6.65. The van der Waals surface area contributed by atoms with E-state index in [1.165, 1.54) is 141 Å². The number of allylic oxidation sites excluding steroid dienone is 4. The predicted octanol–water partition coefficient (Wildman–Crippen LogP) is 14.8. The van der Waals surface area contributed by atoms with E-state index in [0.717, 1.165) is 64.2 Å². The standard InChI is InChI=1S/C48H88O6/c1-4-7-10-13-16-18-20-21-22-23-24-25-26-27-28-30-32-35-38-41-47(50)53-44-45(43-52-46(49)40-37-34-31-15-12-9-6-3)54-48(51)42-39-36-33-29-19-17-14-11-8-5-2/h16,18,21-22,45H,4-15,17,19-20,23-44H2,1-3H3/b18-16-,22-21-. The van der Waals surface area contributed by atoms with Crippen LogP contribution in [0, 0.1) is 0 Å². The van der Waals surface area contributed by atoms with Crippen LogP contribution in [-0.4, -0.2) is 37.2 Å². The van der Waals surface area contributed by atoms with E-state index in [4.69, 9.17) is 14.2 Å². The Morgan fingerprint density at radius 1 is 0.370 bits per heavy atom. The van der Waals surface area contributed by atoms with Crippen LogP contribution in [0.15, 0.2) is 24.3 Å². The molecule has 0 radical (unpaired) electrons. The van der Waals surface area contributed by atoms with E-state index in [0.29, 0.717) is 19.3 Å². The van der Waals surface area contributed by atoms with Crippen LogP contribution in [0.2, 0.25) is 0 Å². The van der Waals surface area contributed by atoms with Crippen LogP contribution in [-0.2, 0) is 28.6 Å². The minimum atomic E-state index is -0.763. The summed E-state index contributed by atoms with van der Waals surface area (Å²) in [7, 11) is 0. The summed E-state index contributed by atoms with van der Waals surface area (Å²) in [4.78, 5) is 37.6. The second-order valence-electron chi connectivity index (χ2n) is 15.7. The maximum absolute atomic E-state index is 12.7. The Morgan fingerprint density at radius 2 is 0.667 bits per heavy atom. The van der Waals surface area contributed by atoms with Crippen LogP contribution in [0.1, 0.15) is 245 Å². The first-order chi connectivity index (χ1) is 26.5. The summed E-state index contributed by atoms with van der Waals surface area (Å²) in [5.74, 6) is -0.876. The summed E-state index contributed by atoms with van der Waals surface area (Å²) in [6, 6.07) is 0. The zero-order valence-electron chi connectivity index (χ0n) is 36.0. The minimum Gasteiger partial charge on any atom is -0.462 e. The molecule has 0 saturated carbocycles. The van der Waals surface area contributed by atoms with E-state index in [1.807, 2.05) is 0 Å². The van der Waals surface area contributed by atoms with E-state index in [-0.39, 0.29) is 31.1 Å². The molecule has 0 aliphatic carbocycles. The van der Waals surface area contributed by atoms with Gasteiger partial charge in [-0.3, -0.25) is 14.4 Å². The van der Waals surface area contributed by atoms with Gasteiger partial charge < -0.3 is 14.2 Å². The molecule has 0 aliphatic heterocycles. The number of carbonyl (C=O) groups excluding carboxylic acids is 3. The highest BCUT2D eigenvalue weighted by Crippen LogP contribution is 2.15. The van der Waals surface area contributed by atoms with Gasteiger partial charge in [-0.1, -0.05) is 199 Å². The molecule has 0 saturated heterocycles. The summed E-state index contributed by atoms with van der Waals surface area (Å²) in [6.45, 7) is 6.56. The Bertz CT molecular complexity index is 880. The molecule has 0 aromatic rings. The lowest BCUT2D eigenvalue weighted by molar-refractivity contribution is -0.167. The van der Waals surface area contributed by atoms with Gasteiger partial charge in [0, 0.05) is 19.3 Å². The molecule has 0 fully saturated rings. The zero-order chi connectivity index (χ0) is 39.4. The third-order valence-electron chi connectivity index (χ3n) is 10.2. The van der Waals surface area contributed by atoms with Crippen molar-refractivity contribution in [2.24, 2.45) is 0 Å². The maximum atomic E-state index is 12.7. The molecule has 0 aliphatic rings. The molecule has 0 aromatic heterocycles. The van der Waals surface area contributed by atoms with Gasteiger partial charge in [0.25, 0.3) is 0 Å². The molecule has 6 heteroatoms. The van der Waals surface area contributed by atoms with Crippen molar-refractivity contribution < 1.29 is 28.6 Å². The lowest BCUT2D eigenvalue weighted by atomic mass is 10.1. The highest BCUT2D eigenvalue weighted by molar-refractivity contribution is 5.71. The van der Waals surface area contributed by atoms with Gasteiger partial charge in [0.1, 0.15) is 13.2 Å². The molecule has 1 atom stereocenters. The van der Waals surface area contributed by atoms with Crippen LogP contribution >= 0.6 is 0 Å². The number of hydrogen-bond donors (Lipinski definition) is 0. The second kappa shape index (κ2) is 43.6. The van der Waals surface area contributed by atoms with Gasteiger partial charge in [0.15, 0.2) is 6.10 Å². The smallest absolute Gasteiger partial charge is 0.306 e. The zero-order valence-corrected chi connectivity index (χ0v) is 36.0. The summed E-state index contributed by atoms with van der Waals surface area (Å²) in [5.41, 5.74) is 0. The number of ether oxygens (including phenoxy) is 3. The van der Waals surface area contributed by atoms with E-state index >= 15 is 0 Å². The van der Waals surface area contributed by atoms with E-state index in [2.05, 4.69) is 45.1 Å². The third kappa shape index (κ3) is 41.1. The number of esters is 3. The minimum absolute atomic E-state index is 0.0695. The topological polar surface area (TPSA) is 78.9 Å². The van der Waals surface area contributed by atoms with Crippen molar-refractivity contribution in [2.75, 3.05) is 13.2 Å². The van der Waals surface area contributed by atoms with Crippen molar-refractivity contribution in [1.29, 1.82) is 0 Å². The molecule has 0 rings (SSSR count). The molecule has 54 heavy (non-hydrogen) atoms. The monoisotopic (exact) mass is 761 g/mol. The van der Waals surface area contributed by atoms with Crippen molar-refractivity contribution in [3.63, 3.8) is 0 Å². The molecule has 0 spiro atoms. The molecule has 0 N–H and O–H groups in total. The van der Waals surface area contributed by atoms with Gasteiger partial charge in [-0.2, -0.15) is 0 Å². The van der Waals surface area contributed by atoms with Crippen molar-refractivity contribution in [3.8, 4) is 0 Å². The predicted molar refractivity (Wildman–Crippen MR) is 229 cm³/mol. The van der Waals surface area contributed by atoms with Crippen LogP contribution in [0.5, 0.6) is 0 Å². The van der Waals surface area contributed by atoms with Gasteiger partial charge in [0.05, 0.1) is 0 Å². The summed E-state index contributed by atoms with van der Waals surface area (Å²) < 4.78 is 16.6. The van der Waals surface area contributed by atoms with E-state index in [1.54, 1.807) is 0 Å². The largest absolute Gasteiger partial charge is 0.462 e. The van der Waals surface area contributed by atoms with Crippen molar-refractivity contribution in [1.82, 2.24) is 0 Å². The highest BCUT2D eigenvalue weighted by atomic mass is 16.6. The molecule has 316 valence electrons. The van der Waals surface area contributed by atoms with Crippen molar-refractivity contribution >= 4 is 17.9 Å². The van der Waals surface area contributed by atoms with Crippen molar-refractivity contribution in [2.45, 2.75) is 252 Å². The normalized spacial score (nSPS) is 12.1. The Hall–Kier alpha value is -2.11. The molecule has 0 heterocycles. The first kappa shape index (κ1) is 51.9. The van der Waals surface area contributed by atoms with Crippen LogP contribution in [0.25, 0.3) is 0 Å². The third-order valence-corrected chi connectivity index (χ3v) is 10.2. The molecular formula is C48H88O6. The van der Waals surface area contributed by atoms with E-state index < -0.39 is 6.10 Å². The van der Waals surface area contributed by atoms with Gasteiger partial charge >= 0.3 is 17.9 Å². The van der Waals surface area contributed by atoms with E-state index in [9.17, 15) is 14.4 Å². The van der Waals surface area contributed by atoms with Crippen LogP contribution in [0.3, 0.4) is 0 Å². The molecule has 6 nitrogen and oxygen atoms in total. The van der Waals surface area contributed by atoms with Gasteiger partial charge in [-0.15, -0.1) is 0 Å².